The van der Waals surface area contributed by atoms with Gasteiger partial charge in [-0.1, -0.05) is 0 Å². The highest BCUT2D eigenvalue weighted by Gasteiger charge is 2.19. The first kappa shape index (κ1) is 22.7. The van der Waals surface area contributed by atoms with Crippen LogP contribution in [0.1, 0.15) is 22.0 Å². The van der Waals surface area contributed by atoms with Gasteiger partial charge >= 0.3 is 0 Å². The predicted octanol–water partition coefficient (Wildman–Crippen LogP) is 4.34. The topological polar surface area (TPSA) is 100 Å². The maximum absolute atomic E-state index is 6.28. The Bertz CT molecular complexity index is 1530. The molecule has 5 heterocycles. The lowest BCUT2D eigenvalue weighted by atomic mass is 10.2. The summed E-state index contributed by atoms with van der Waals surface area (Å²) in [4.78, 5) is 17.4. The molecular formula is C25H26N6O4S. The number of morpholine rings is 1. The average Bonchev–Trinajstić information content (AvgIpc) is 3.59. The van der Waals surface area contributed by atoms with Gasteiger partial charge in [-0.05, 0) is 26.8 Å². The van der Waals surface area contributed by atoms with Crippen molar-refractivity contribution in [2.75, 3.05) is 38.3 Å². The minimum Gasteiger partial charge on any atom is -0.496 e. The van der Waals surface area contributed by atoms with Gasteiger partial charge in [0.2, 0.25) is 0 Å². The second kappa shape index (κ2) is 9.07. The number of rotatable bonds is 6. The molecule has 36 heavy (non-hydrogen) atoms. The van der Waals surface area contributed by atoms with Gasteiger partial charge in [0, 0.05) is 30.1 Å². The molecule has 10 nitrogen and oxygen atoms in total. The summed E-state index contributed by atoms with van der Waals surface area (Å²) in [6.07, 6.45) is 1.82. The molecule has 0 unspecified atom stereocenters. The Morgan fingerprint density at radius 1 is 1.03 bits per heavy atom. The summed E-state index contributed by atoms with van der Waals surface area (Å²) >= 11 is 1.69. The summed E-state index contributed by atoms with van der Waals surface area (Å²) in [5.74, 6) is 2.43. The fourth-order valence-electron chi connectivity index (χ4n) is 4.12. The van der Waals surface area contributed by atoms with Crippen LogP contribution in [0.4, 0.5) is 5.13 Å². The maximum atomic E-state index is 6.28. The van der Waals surface area contributed by atoms with E-state index in [-0.39, 0.29) is 0 Å². The van der Waals surface area contributed by atoms with Crippen LogP contribution in [0.5, 0.6) is 11.5 Å². The zero-order chi connectivity index (χ0) is 24.8. The van der Waals surface area contributed by atoms with Crippen molar-refractivity contribution in [3.63, 3.8) is 0 Å². The van der Waals surface area contributed by atoms with Crippen LogP contribution in [0.15, 0.2) is 28.8 Å². The van der Waals surface area contributed by atoms with E-state index in [1.807, 2.05) is 38.2 Å². The highest BCUT2D eigenvalue weighted by Crippen LogP contribution is 2.37. The summed E-state index contributed by atoms with van der Waals surface area (Å²) in [5, 5.41) is 6.36. The average molecular weight is 507 g/mol. The standard InChI is InChI=1S/C25H26N6O4S/c1-14-15(2)29-31-12-19(27-24(31)26-14)23-11-18-21(9-17(32-4)10-22(18)35-23)34-13-20-16(3)36-25(28-20)30-5-7-33-8-6-30/h9-12H,5-8,13H2,1-4H3. The normalized spacial score (nSPS) is 14.2. The smallest absolute Gasteiger partial charge is 0.251 e. The predicted molar refractivity (Wildman–Crippen MR) is 136 cm³/mol. The molecule has 4 aromatic heterocycles. The molecule has 0 amide bonds. The number of aromatic nitrogens is 5. The number of nitrogens with zero attached hydrogens (tertiary/aromatic N) is 6. The fraction of sp³-hybridized carbons (Fsp3) is 0.360. The van der Waals surface area contributed by atoms with Gasteiger partial charge < -0.3 is 23.5 Å². The first-order valence-electron chi connectivity index (χ1n) is 11.7. The highest BCUT2D eigenvalue weighted by molar-refractivity contribution is 7.15. The number of methoxy groups -OCH3 is 1. The molecule has 0 bridgehead atoms. The van der Waals surface area contributed by atoms with E-state index in [4.69, 9.17) is 23.6 Å². The van der Waals surface area contributed by atoms with Crippen molar-refractivity contribution in [2.24, 2.45) is 0 Å². The second-order valence-electron chi connectivity index (χ2n) is 8.69. The van der Waals surface area contributed by atoms with E-state index in [9.17, 15) is 0 Å². The van der Waals surface area contributed by atoms with Crippen molar-refractivity contribution in [1.29, 1.82) is 0 Å². The van der Waals surface area contributed by atoms with Crippen molar-refractivity contribution in [2.45, 2.75) is 27.4 Å². The van der Waals surface area contributed by atoms with Crippen LogP contribution in [0.3, 0.4) is 0 Å². The van der Waals surface area contributed by atoms with Crippen LogP contribution in [0, 0.1) is 20.8 Å². The number of benzene rings is 1. The molecule has 0 radical (unpaired) electrons. The summed E-state index contributed by atoms with van der Waals surface area (Å²) in [6.45, 7) is 9.43. The number of hydrogen-bond acceptors (Lipinski definition) is 10. The van der Waals surface area contributed by atoms with E-state index < -0.39 is 0 Å². The first-order chi connectivity index (χ1) is 17.5. The SMILES string of the molecule is COc1cc(OCc2nc(N3CCOCC3)sc2C)c2cc(-c3cn4nc(C)c(C)nc4n3)oc2c1. The highest BCUT2D eigenvalue weighted by atomic mass is 32.1. The fourth-order valence-corrected chi connectivity index (χ4v) is 5.09. The van der Waals surface area contributed by atoms with E-state index in [0.29, 0.717) is 40.9 Å². The van der Waals surface area contributed by atoms with Crippen LogP contribution >= 0.6 is 11.3 Å². The molecule has 6 rings (SSSR count). The van der Waals surface area contributed by atoms with Crippen molar-refractivity contribution < 1.29 is 18.6 Å². The molecule has 0 N–H and O–H groups in total. The molecule has 1 aliphatic rings. The monoisotopic (exact) mass is 506 g/mol. The van der Waals surface area contributed by atoms with Crippen LogP contribution in [-0.2, 0) is 11.3 Å². The Morgan fingerprint density at radius 2 is 1.86 bits per heavy atom. The maximum Gasteiger partial charge on any atom is 0.251 e. The number of hydrogen-bond donors (Lipinski definition) is 0. The molecule has 0 atom stereocenters. The number of thiazole rings is 1. The molecule has 11 heteroatoms. The number of fused-ring (bicyclic) bond motifs is 2. The van der Waals surface area contributed by atoms with Gasteiger partial charge in [-0.15, -0.1) is 11.3 Å². The minimum absolute atomic E-state index is 0.343. The Morgan fingerprint density at radius 3 is 2.67 bits per heavy atom. The van der Waals surface area contributed by atoms with Crippen LogP contribution < -0.4 is 14.4 Å². The van der Waals surface area contributed by atoms with Crippen molar-refractivity contribution in [3.05, 3.63) is 46.4 Å². The molecule has 0 saturated carbocycles. The van der Waals surface area contributed by atoms with E-state index in [0.717, 1.165) is 58.8 Å². The van der Waals surface area contributed by atoms with Crippen molar-refractivity contribution in [3.8, 4) is 23.0 Å². The lowest BCUT2D eigenvalue weighted by molar-refractivity contribution is 0.122. The van der Waals surface area contributed by atoms with E-state index in [2.05, 4.69) is 26.9 Å². The van der Waals surface area contributed by atoms with Gasteiger partial charge in [-0.2, -0.15) is 5.10 Å². The number of imidazole rings is 1. The minimum atomic E-state index is 0.343. The summed E-state index contributed by atoms with van der Waals surface area (Å²) < 4.78 is 25.1. The Labute approximate surface area is 211 Å². The molecule has 5 aromatic rings. The van der Waals surface area contributed by atoms with Gasteiger partial charge in [0.05, 0.1) is 49.0 Å². The molecule has 1 aliphatic heterocycles. The van der Waals surface area contributed by atoms with E-state index >= 15 is 0 Å². The molecule has 1 saturated heterocycles. The third-order valence-corrected chi connectivity index (χ3v) is 7.38. The van der Waals surface area contributed by atoms with Gasteiger partial charge in [0.1, 0.15) is 29.4 Å². The van der Waals surface area contributed by atoms with Gasteiger partial charge in [-0.25, -0.2) is 19.5 Å². The van der Waals surface area contributed by atoms with Crippen LogP contribution in [-0.4, -0.2) is 58.0 Å². The molecule has 0 aliphatic carbocycles. The molecule has 186 valence electrons. The lowest BCUT2D eigenvalue weighted by Crippen LogP contribution is -2.36. The van der Waals surface area contributed by atoms with Gasteiger partial charge in [-0.3, -0.25) is 0 Å². The zero-order valence-electron chi connectivity index (χ0n) is 20.6. The Hall–Kier alpha value is -3.70. The second-order valence-corrected chi connectivity index (χ2v) is 9.87. The number of furan rings is 1. The zero-order valence-corrected chi connectivity index (χ0v) is 21.4. The van der Waals surface area contributed by atoms with Crippen molar-refractivity contribution >= 4 is 33.2 Å². The number of anilines is 1. The van der Waals surface area contributed by atoms with Gasteiger partial charge in [0.25, 0.3) is 5.78 Å². The first-order valence-corrected chi connectivity index (χ1v) is 12.5. The summed E-state index contributed by atoms with van der Waals surface area (Å²) in [5.41, 5.74) is 3.91. The number of ether oxygens (including phenoxy) is 3. The van der Waals surface area contributed by atoms with Crippen LogP contribution in [0.25, 0.3) is 28.2 Å². The largest absolute Gasteiger partial charge is 0.496 e. The lowest BCUT2D eigenvalue weighted by Gasteiger charge is -2.26. The van der Waals surface area contributed by atoms with Crippen LogP contribution in [0.2, 0.25) is 0 Å². The Balaban J connectivity index is 1.31. The number of aryl methyl sites for hydroxylation is 3. The van der Waals surface area contributed by atoms with Gasteiger partial charge in [0.15, 0.2) is 10.9 Å². The molecule has 1 aromatic carbocycles. The van der Waals surface area contributed by atoms with E-state index in [1.54, 1.807) is 23.0 Å². The molecule has 0 spiro atoms. The molecular weight excluding hydrogens is 480 g/mol. The third kappa shape index (κ3) is 4.14. The summed E-state index contributed by atoms with van der Waals surface area (Å²) in [6, 6.07) is 5.64. The summed E-state index contributed by atoms with van der Waals surface area (Å²) in [7, 11) is 1.62. The van der Waals surface area contributed by atoms with E-state index in [1.165, 1.54) is 0 Å². The van der Waals surface area contributed by atoms with Crippen molar-refractivity contribution in [1.82, 2.24) is 24.6 Å². The quantitative estimate of drug-likeness (QED) is 0.333. The molecule has 1 fully saturated rings. The Kier molecular flexibility index (Phi) is 5.73. The third-order valence-electron chi connectivity index (χ3n) is 6.31.